The summed E-state index contributed by atoms with van der Waals surface area (Å²) in [5.41, 5.74) is 1.28. The highest BCUT2D eigenvalue weighted by molar-refractivity contribution is 7.92. The summed E-state index contributed by atoms with van der Waals surface area (Å²) in [4.78, 5) is 24.4. The summed E-state index contributed by atoms with van der Waals surface area (Å²) >= 11 is 0. The summed E-state index contributed by atoms with van der Waals surface area (Å²) in [6.07, 6.45) is 0.935. The lowest BCUT2D eigenvalue weighted by Gasteiger charge is -2.28. The number of ether oxygens (including phenoxy) is 1. The zero-order chi connectivity index (χ0) is 21.1. The van der Waals surface area contributed by atoms with E-state index in [4.69, 9.17) is 0 Å². The Morgan fingerprint density at radius 1 is 1.18 bits per heavy atom. The molecule has 0 unspecified atom stereocenters. The van der Waals surface area contributed by atoms with E-state index in [2.05, 4.69) is 10.1 Å². The third kappa shape index (κ3) is 4.86. The molecule has 0 bridgehead atoms. The van der Waals surface area contributed by atoms with Crippen LogP contribution in [0.5, 0.6) is 0 Å². The van der Waals surface area contributed by atoms with Crippen LogP contribution in [0, 0.1) is 12.7 Å². The van der Waals surface area contributed by atoms with E-state index >= 15 is 0 Å². The van der Waals surface area contributed by atoms with Crippen molar-refractivity contribution in [2.45, 2.75) is 19.9 Å². The number of anilines is 2. The Balaban J connectivity index is 2.35. The number of benzene rings is 2. The average molecular weight is 408 g/mol. The van der Waals surface area contributed by atoms with Gasteiger partial charge in [-0.15, -0.1) is 0 Å². The van der Waals surface area contributed by atoms with Crippen molar-refractivity contribution >= 4 is 33.3 Å². The van der Waals surface area contributed by atoms with Crippen molar-refractivity contribution in [3.8, 4) is 0 Å². The number of amides is 1. The van der Waals surface area contributed by atoms with Crippen LogP contribution in [-0.2, 0) is 19.6 Å². The quantitative estimate of drug-likeness (QED) is 0.742. The number of methoxy groups -OCH3 is 1. The van der Waals surface area contributed by atoms with Gasteiger partial charge in [0.25, 0.3) is 0 Å². The zero-order valence-corrected chi connectivity index (χ0v) is 16.7. The predicted octanol–water partition coefficient (Wildman–Crippen LogP) is 2.71. The van der Waals surface area contributed by atoms with Crippen molar-refractivity contribution in [3.63, 3.8) is 0 Å². The fourth-order valence-electron chi connectivity index (χ4n) is 2.66. The van der Waals surface area contributed by atoms with Crippen LogP contribution >= 0.6 is 0 Å². The van der Waals surface area contributed by atoms with Crippen molar-refractivity contribution in [2.75, 3.05) is 23.0 Å². The number of esters is 1. The van der Waals surface area contributed by atoms with Crippen LogP contribution in [-0.4, -0.2) is 39.7 Å². The van der Waals surface area contributed by atoms with Gasteiger partial charge in [0.2, 0.25) is 15.9 Å². The number of halogens is 1. The predicted molar refractivity (Wildman–Crippen MR) is 104 cm³/mol. The van der Waals surface area contributed by atoms with Crippen LogP contribution in [0.25, 0.3) is 0 Å². The molecule has 28 heavy (non-hydrogen) atoms. The molecule has 1 atom stereocenters. The molecule has 0 saturated carbocycles. The number of sulfonamides is 1. The Morgan fingerprint density at radius 3 is 2.43 bits per heavy atom. The van der Waals surface area contributed by atoms with Crippen molar-refractivity contribution < 1.29 is 27.1 Å². The van der Waals surface area contributed by atoms with E-state index in [0.29, 0.717) is 11.3 Å². The molecule has 0 heterocycles. The van der Waals surface area contributed by atoms with Gasteiger partial charge in [-0.25, -0.2) is 17.6 Å². The molecule has 0 aliphatic rings. The first kappa shape index (κ1) is 21.4. The van der Waals surface area contributed by atoms with Gasteiger partial charge in [0.05, 0.1) is 24.6 Å². The van der Waals surface area contributed by atoms with E-state index in [1.807, 2.05) is 0 Å². The highest BCUT2D eigenvalue weighted by Gasteiger charge is 2.29. The van der Waals surface area contributed by atoms with E-state index < -0.39 is 33.8 Å². The van der Waals surface area contributed by atoms with Crippen LogP contribution in [0.3, 0.4) is 0 Å². The molecule has 0 radical (unpaired) electrons. The second-order valence-corrected chi connectivity index (χ2v) is 8.08. The molecule has 2 aromatic rings. The van der Waals surface area contributed by atoms with E-state index in [-0.39, 0.29) is 11.3 Å². The molecule has 0 aliphatic heterocycles. The van der Waals surface area contributed by atoms with Crippen molar-refractivity contribution in [1.82, 2.24) is 0 Å². The van der Waals surface area contributed by atoms with Crippen LogP contribution in [0.1, 0.15) is 22.8 Å². The second kappa shape index (κ2) is 8.39. The summed E-state index contributed by atoms with van der Waals surface area (Å²) in [5.74, 6) is -1.83. The lowest BCUT2D eigenvalue weighted by Crippen LogP contribution is -2.45. The Labute approximate surface area is 163 Å². The van der Waals surface area contributed by atoms with E-state index in [0.717, 1.165) is 16.6 Å². The molecule has 9 heteroatoms. The number of rotatable bonds is 6. The SMILES string of the molecule is COC(=O)c1ccc(C)c(NC(=O)[C@@H](C)N(c2cccc(F)c2)S(C)(=O)=O)c1. The lowest BCUT2D eigenvalue weighted by molar-refractivity contribution is -0.116. The number of carbonyl (C=O) groups excluding carboxylic acids is 2. The van der Waals surface area contributed by atoms with Gasteiger partial charge in [0.1, 0.15) is 11.9 Å². The van der Waals surface area contributed by atoms with Gasteiger partial charge in [-0.3, -0.25) is 9.10 Å². The van der Waals surface area contributed by atoms with Crippen LogP contribution in [0.2, 0.25) is 0 Å². The van der Waals surface area contributed by atoms with E-state index in [9.17, 15) is 22.4 Å². The monoisotopic (exact) mass is 408 g/mol. The number of hydrogen-bond acceptors (Lipinski definition) is 5. The summed E-state index contributed by atoms with van der Waals surface area (Å²) in [7, 11) is -2.63. The minimum atomic E-state index is -3.88. The number of aryl methyl sites for hydroxylation is 1. The first-order valence-corrected chi connectivity index (χ1v) is 10.1. The highest BCUT2D eigenvalue weighted by Crippen LogP contribution is 2.23. The van der Waals surface area contributed by atoms with Crippen molar-refractivity contribution in [2.24, 2.45) is 0 Å². The molecule has 7 nitrogen and oxygen atoms in total. The Hall–Kier alpha value is -2.94. The highest BCUT2D eigenvalue weighted by atomic mass is 32.2. The Morgan fingerprint density at radius 2 is 1.86 bits per heavy atom. The maximum Gasteiger partial charge on any atom is 0.337 e. The summed E-state index contributed by atoms with van der Waals surface area (Å²) in [6.45, 7) is 3.11. The Kier molecular flexibility index (Phi) is 6.40. The first-order valence-electron chi connectivity index (χ1n) is 8.29. The number of hydrogen-bond donors (Lipinski definition) is 1. The second-order valence-electron chi connectivity index (χ2n) is 6.23. The number of nitrogens with one attached hydrogen (secondary N) is 1. The first-order chi connectivity index (χ1) is 13.0. The van der Waals surface area contributed by atoms with Gasteiger partial charge in [-0.1, -0.05) is 12.1 Å². The summed E-state index contributed by atoms with van der Waals surface area (Å²) in [6, 6.07) is 8.43. The molecule has 1 amide bonds. The van der Waals surface area contributed by atoms with E-state index in [1.54, 1.807) is 19.1 Å². The maximum absolute atomic E-state index is 13.6. The Bertz CT molecular complexity index is 1010. The molecule has 1 N–H and O–H groups in total. The van der Waals surface area contributed by atoms with E-state index in [1.165, 1.54) is 38.3 Å². The molecule has 150 valence electrons. The fraction of sp³-hybridized carbons (Fsp3) is 0.263. The smallest absolute Gasteiger partial charge is 0.337 e. The summed E-state index contributed by atoms with van der Waals surface area (Å²) < 4.78 is 43.6. The van der Waals surface area contributed by atoms with Crippen LogP contribution in [0.15, 0.2) is 42.5 Å². The topological polar surface area (TPSA) is 92.8 Å². The van der Waals surface area contributed by atoms with Crippen LogP contribution in [0.4, 0.5) is 15.8 Å². The third-order valence-electron chi connectivity index (χ3n) is 4.07. The molecule has 0 aliphatic carbocycles. The maximum atomic E-state index is 13.6. The molecule has 0 saturated heterocycles. The number of carbonyl (C=O) groups is 2. The van der Waals surface area contributed by atoms with Gasteiger partial charge < -0.3 is 10.1 Å². The van der Waals surface area contributed by atoms with Gasteiger partial charge in [0, 0.05) is 5.69 Å². The standard InChI is InChI=1S/C19H21FN2O5S/c1-12-8-9-14(19(24)27-3)10-17(12)21-18(23)13(2)22(28(4,25)26)16-7-5-6-15(20)11-16/h5-11,13H,1-4H3,(H,21,23)/t13-/m1/s1. The van der Waals surface area contributed by atoms with Gasteiger partial charge >= 0.3 is 5.97 Å². The number of nitrogens with zero attached hydrogens (tertiary/aromatic N) is 1. The summed E-state index contributed by atoms with van der Waals surface area (Å²) in [5, 5.41) is 2.62. The van der Waals surface area contributed by atoms with Crippen molar-refractivity contribution in [1.29, 1.82) is 0 Å². The normalized spacial score (nSPS) is 12.2. The molecule has 0 aromatic heterocycles. The molecule has 2 aromatic carbocycles. The molecule has 2 rings (SSSR count). The molecular weight excluding hydrogens is 387 g/mol. The minimum absolute atomic E-state index is 0.0326. The largest absolute Gasteiger partial charge is 0.465 e. The van der Waals surface area contributed by atoms with Gasteiger partial charge in [-0.05, 0) is 49.7 Å². The fourth-order valence-corrected chi connectivity index (χ4v) is 3.83. The van der Waals surface area contributed by atoms with Crippen LogP contribution < -0.4 is 9.62 Å². The van der Waals surface area contributed by atoms with Crippen molar-refractivity contribution in [3.05, 3.63) is 59.4 Å². The molecular formula is C19H21FN2O5S. The lowest BCUT2D eigenvalue weighted by atomic mass is 10.1. The van der Waals surface area contributed by atoms with Gasteiger partial charge in [0.15, 0.2) is 0 Å². The molecule has 0 spiro atoms. The zero-order valence-electron chi connectivity index (χ0n) is 15.9. The minimum Gasteiger partial charge on any atom is -0.465 e. The third-order valence-corrected chi connectivity index (χ3v) is 5.31. The molecule has 0 fully saturated rings. The average Bonchev–Trinajstić information content (AvgIpc) is 2.61. The van der Waals surface area contributed by atoms with Gasteiger partial charge in [-0.2, -0.15) is 0 Å².